The van der Waals surface area contributed by atoms with Crippen LogP contribution in [0.3, 0.4) is 0 Å². The lowest BCUT2D eigenvalue weighted by Gasteiger charge is -2.11. The summed E-state index contributed by atoms with van der Waals surface area (Å²) in [4.78, 5) is 23.6. The van der Waals surface area contributed by atoms with Gasteiger partial charge >= 0.3 is 0 Å². The van der Waals surface area contributed by atoms with E-state index in [9.17, 15) is 9.59 Å². The van der Waals surface area contributed by atoms with E-state index >= 15 is 0 Å². The molecule has 2 N–H and O–H groups in total. The van der Waals surface area contributed by atoms with Crippen LogP contribution < -0.4 is 15.6 Å². The summed E-state index contributed by atoms with van der Waals surface area (Å²) in [5.74, 6) is -0.763. The quantitative estimate of drug-likeness (QED) is 0.682. The first-order valence-electron chi connectivity index (χ1n) is 6.49. The Morgan fingerprint density at radius 3 is 2.29 bits per heavy atom. The number of amides is 2. The number of benzene rings is 2. The number of hydrazine groups is 1. The zero-order valence-corrected chi connectivity index (χ0v) is 15.8. The SMILES string of the molecule is O=C(COc1c(Cl)cc(Cl)cc1Br)NNC(=O)c1ccc(Cl)cc1. The first-order chi connectivity index (χ1) is 11.4. The molecule has 126 valence electrons. The molecular weight excluding hydrogens is 442 g/mol. The maximum Gasteiger partial charge on any atom is 0.276 e. The molecule has 9 heteroatoms. The summed E-state index contributed by atoms with van der Waals surface area (Å²) in [6, 6.07) is 9.28. The predicted molar refractivity (Wildman–Crippen MR) is 96.7 cm³/mol. The van der Waals surface area contributed by atoms with E-state index in [1.807, 2.05) is 0 Å². The van der Waals surface area contributed by atoms with Crippen LogP contribution in [0.25, 0.3) is 0 Å². The van der Waals surface area contributed by atoms with E-state index < -0.39 is 11.8 Å². The monoisotopic (exact) mass is 450 g/mol. The summed E-state index contributed by atoms with van der Waals surface area (Å²) < 4.78 is 5.83. The summed E-state index contributed by atoms with van der Waals surface area (Å²) >= 11 is 20.8. The van der Waals surface area contributed by atoms with Crippen molar-refractivity contribution >= 4 is 62.5 Å². The Labute approximate surface area is 161 Å². The molecule has 0 radical (unpaired) electrons. The second-order valence-electron chi connectivity index (χ2n) is 4.50. The van der Waals surface area contributed by atoms with Crippen LogP contribution >= 0.6 is 50.7 Å². The van der Waals surface area contributed by atoms with Gasteiger partial charge in [0.05, 0.1) is 9.50 Å². The third-order valence-electron chi connectivity index (χ3n) is 2.73. The van der Waals surface area contributed by atoms with Gasteiger partial charge in [0.25, 0.3) is 11.8 Å². The van der Waals surface area contributed by atoms with Gasteiger partial charge in [0.15, 0.2) is 12.4 Å². The number of rotatable bonds is 4. The van der Waals surface area contributed by atoms with Gasteiger partial charge in [-0.3, -0.25) is 20.4 Å². The predicted octanol–water partition coefficient (Wildman–Crippen LogP) is 4.25. The first-order valence-corrected chi connectivity index (χ1v) is 8.41. The van der Waals surface area contributed by atoms with Crippen molar-refractivity contribution < 1.29 is 14.3 Å². The van der Waals surface area contributed by atoms with Crippen LogP contribution in [0.5, 0.6) is 5.75 Å². The van der Waals surface area contributed by atoms with E-state index in [0.29, 0.717) is 20.1 Å². The highest BCUT2D eigenvalue weighted by atomic mass is 79.9. The van der Waals surface area contributed by atoms with Crippen LogP contribution in [0.2, 0.25) is 15.1 Å². The van der Waals surface area contributed by atoms with Crippen molar-refractivity contribution in [3.05, 3.63) is 61.5 Å². The molecule has 0 spiro atoms. The summed E-state index contributed by atoms with van der Waals surface area (Å²) in [6.07, 6.45) is 0. The molecule has 2 rings (SSSR count). The lowest BCUT2D eigenvalue weighted by atomic mass is 10.2. The maximum absolute atomic E-state index is 11.8. The lowest BCUT2D eigenvalue weighted by molar-refractivity contribution is -0.123. The van der Waals surface area contributed by atoms with Gasteiger partial charge in [-0.15, -0.1) is 0 Å². The molecule has 0 aliphatic rings. The Balaban J connectivity index is 1.86. The van der Waals surface area contributed by atoms with E-state index in [2.05, 4.69) is 26.8 Å². The van der Waals surface area contributed by atoms with Gasteiger partial charge in [0.1, 0.15) is 0 Å². The number of carbonyl (C=O) groups is 2. The number of halogens is 4. The van der Waals surface area contributed by atoms with Crippen molar-refractivity contribution in [1.82, 2.24) is 10.9 Å². The van der Waals surface area contributed by atoms with Gasteiger partial charge < -0.3 is 4.74 Å². The van der Waals surface area contributed by atoms with Crippen LogP contribution in [0, 0.1) is 0 Å². The third kappa shape index (κ3) is 5.27. The van der Waals surface area contributed by atoms with Crippen molar-refractivity contribution in [3.63, 3.8) is 0 Å². The van der Waals surface area contributed by atoms with Crippen molar-refractivity contribution in [2.75, 3.05) is 6.61 Å². The Kier molecular flexibility index (Phi) is 6.74. The van der Waals surface area contributed by atoms with Crippen LogP contribution in [0.4, 0.5) is 0 Å². The molecule has 0 saturated heterocycles. The van der Waals surface area contributed by atoms with E-state index in [0.717, 1.165) is 0 Å². The highest BCUT2D eigenvalue weighted by Crippen LogP contribution is 2.35. The number of hydrogen-bond acceptors (Lipinski definition) is 3. The molecule has 0 fully saturated rings. The van der Waals surface area contributed by atoms with E-state index in [4.69, 9.17) is 39.5 Å². The molecule has 0 bridgehead atoms. The molecule has 0 aromatic heterocycles. The Bertz CT molecular complexity index is 746. The second-order valence-corrected chi connectivity index (χ2v) is 6.63. The molecule has 2 amide bonds. The lowest BCUT2D eigenvalue weighted by Crippen LogP contribution is -2.43. The molecule has 5 nitrogen and oxygen atoms in total. The minimum atomic E-state index is -0.560. The highest BCUT2D eigenvalue weighted by Gasteiger charge is 2.12. The summed E-state index contributed by atoms with van der Waals surface area (Å²) in [5, 5.41) is 1.20. The zero-order valence-electron chi connectivity index (χ0n) is 11.9. The van der Waals surface area contributed by atoms with Gasteiger partial charge in [0, 0.05) is 15.6 Å². The van der Waals surface area contributed by atoms with Gasteiger partial charge in [-0.1, -0.05) is 34.8 Å². The minimum absolute atomic E-state index is 0.257. The van der Waals surface area contributed by atoms with E-state index in [-0.39, 0.29) is 17.4 Å². The molecule has 24 heavy (non-hydrogen) atoms. The molecule has 2 aromatic rings. The fourth-order valence-corrected chi connectivity index (χ4v) is 3.14. The van der Waals surface area contributed by atoms with Crippen molar-refractivity contribution in [2.45, 2.75) is 0 Å². The first kappa shape index (κ1) is 18.9. The van der Waals surface area contributed by atoms with Gasteiger partial charge in [-0.2, -0.15) is 0 Å². The van der Waals surface area contributed by atoms with Gasteiger partial charge in [-0.25, -0.2) is 0 Å². The summed E-state index contributed by atoms with van der Waals surface area (Å²) in [6.45, 7) is -0.346. The third-order valence-corrected chi connectivity index (χ3v) is 4.07. The minimum Gasteiger partial charge on any atom is -0.481 e. The van der Waals surface area contributed by atoms with Crippen molar-refractivity contribution in [2.24, 2.45) is 0 Å². The number of carbonyl (C=O) groups excluding carboxylic acids is 2. The van der Waals surface area contributed by atoms with E-state index in [1.165, 1.54) is 18.2 Å². The summed E-state index contributed by atoms with van der Waals surface area (Å²) in [5.41, 5.74) is 4.85. The van der Waals surface area contributed by atoms with Crippen LogP contribution in [-0.4, -0.2) is 18.4 Å². The highest BCUT2D eigenvalue weighted by molar-refractivity contribution is 9.10. The average molecular weight is 453 g/mol. The van der Waals surface area contributed by atoms with Crippen LogP contribution in [0.1, 0.15) is 10.4 Å². The molecule has 2 aromatic carbocycles. The largest absolute Gasteiger partial charge is 0.481 e. The maximum atomic E-state index is 11.8. The molecule has 0 unspecified atom stereocenters. The fourth-order valence-electron chi connectivity index (χ4n) is 1.64. The molecule has 0 aliphatic carbocycles. The Morgan fingerprint density at radius 2 is 1.67 bits per heavy atom. The average Bonchev–Trinajstić information content (AvgIpc) is 2.52. The zero-order chi connectivity index (χ0) is 17.7. The smallest absolute Gasteiger partial charge is 0.276 e. The van der Waals surface area contributed by atoms with Crippen molar-refractivity contribution in [3.8, 4) is 5.75 Å². The Hall–Kier alpha value is -1.47. The van der Waals surface area contributed by atoms with Gasteiger partial charge in [-0.05, 0) is 52.3 Å². The fraction of sp³-hybridized carbons (Fsp3) is 0.0667. The summed E-state index contributed by atoms with van der Waals surface area (Å²) in [7, 11) is 0. The number of nitrogens with one attached hydrogen (secondary N) is 2. The van der Waals surface area contributed by atoms with Crippen molar-refractivity contribution in [1.29, 1.82) is 0 Å². The Morgan fingerprint density at radius 1 is 1.00 bits per heavy atom. The number of ether oxygens (including phenoxy) is 1. The molecular formula is C15H10BrCl3N2O3. The normalized spacial score (nSPS) is 10.2. The van der Waals surface area contributed by atoms with Crippen LogP contribution in [-0.2, 0) is 4.79 Å². The number of hydrogen-bond donors (Lipinski definition) is 2. The molecule has 0 saturated carbocycles. The van der Waals surface area contributed by atoms with E-state index in [1.54, 1.807) is 18.2 Å². The van der Waals surface area contributed by atoms with Crippen LogP contribution in [0.15, 0.2) is 40.9 Å². The molecule has 0 atom stereocenters. The molecule has 0 heterocycles. The standard InChI is InChI=1S/C15H10BrCl3N2O3/c16-11-5-10(18)6-12(19)14(11)24-7-13(22)20-21-15(23)8-1-3-9(17)4-2-8/h1-6H,7H2,(H,20,22)(H,21,23). The second kappa shape index (κ2) is 8.58. The van der Waals surface area contributed by atoms with Gasteiger partial charge in [0.2, 0.25) is 0 Å². The topological polar surface area (TPSA) is 67.4 Å². The molecule has 0 aliphatic heterocycles.